The molecule has 0 radical (unpaired) electrons. The first-order chi connectivity index (χ1) is 8.13. The SMILES string of the molecule is N#CCNC(=O)COc1cccc(C(=O)O)c1. The van der Waals surface area contributed by atoms with E-state index < -0.39 is 11.9 Å². The Morgan fingerprint density at radius 2 is 2.24 bits per heavy atom. The molecule has 1 rings (SSSR count). The number of nitriles is 1. The van der Waals surface area contributed by atoms with Gasteiger partial charge in [-0.15, -0.1) is 0 Å². The third-order valence-corrected chi connectivity index (χ3v) is 1.82. The summed E-state index contributed by atoms with van der Waals surface area (Å²) in [7, 11) is 0. The van der Waals surface area contributed by atoms with Crippen LogP contribution in [0.2, 0.25) is 0 Å². The van der Waals surface area contributed by atoms with Crippen LogP contribution in [0.3, 0.4) is 0 Å². The first-order valence-corrected chi connectivity index (χ1v) is 4.73. The van der Waals surface area contributed by atoms with Crippen LogP contribution < -0.4 is 10.1 Å². The van der Waals surface area contributed by atoms with Gasteiger partial charge in [-0.25, -0.2) is 4.79 Å². The smallest absolute Gasteiger partial charge is 0.335 e. The van der Waals surface area contributed by atoms with Gasteiger partial charge in [0, 0.05) is 0 Å². The molecule has 0 aliphatic rings. The van der Waals surface area contributed by atoms with Gasteiger partial charge in [-0.1, -0.05) is 6.07 Å². The quantitative estimate of drug-likeness (QED) is 0.718. The van der Waals surface area contributed by atoms with E-state index in [2.05, 4.69) is 5.32 Å². The lowest BCUT2D eigenvalue weighted by Crippen LogP contribution is -2.29. The molecule has 0 saturated carbocycles. The lowest BCUT2D eigenvalue weighted by atomic mass is 10.2. The van der Waals surface area contributed by atoms with E-state index in [1.807, 2.05) is 0 Å². The standard InChI is InChI=1S/C11H10N2O4/c12-4-5-13-10(14)7-17-9-3-1-2-8(6-9)11(15)16/h1-3,6H,5,7H2,(H,13,14)(H,15,16). The molecule has 0 saturated heterocycles. The number of hydrogen-bond acceptors (Lipinski definition) is 4. The average Bonchev–Trinajstić information content (AvgIpc) is 2.34. The molecule has 1 aromatic carbocycles. The van der Waals surface area contributed by atoms with Crippen molar-refractivity contribution < 1.29 is 19.4 Å². The molecular weight excluding hydrogens is 224 g/mol. The summed E-state index contributed by atoms with van der Waals surface area (Å²) in [4.78, 5) is 21.8. The van der Waals surface area contributed by atoms with Crippen molar-refractivity contribution in [3.05, 3.63) is 29.8 Å². The van der Waals surface area contributed by atoms with Crippen molar-refractivity contribution in [2.75, 3.05) is 13.2 Å². The van der Waals surface area contributed by atoms with Crippen molar-refractivity contribution in [1.82, 2.24) is 5.32 Å². The number of amides is 1. The summed E-state index contributed by atoms with van der Waals surface area (Å²) in [6.07, 6.45) is 0. The van der Waals surface area contributed by atoms with Gasteiger partial charge in [0.05, 0.1) is 11.6 Å². The van der Waals surface area contributed by atoms with Gasteiger partial charge in [-0.05, 0) is 18.2 Å². The van der Waals surface area contributed by atoms with Gasteiger partial charge in [-0.2, -0.15) is 5.26 Å². The van der Waals surface area contributed by atoms with E-state index in [1.54, 1.807) is 12.1 Å². The first kappa shape index (κ1) is 12.5. The number of hydrogen-bond donors (Lipinski definition) is 2. The Morgan fingerprint density at radius 3 is 2.88 bits per heavy atom. The number of nitrogens with zero attached hydrogens (tertiary/aromatic N) is 1. The van der Waals surface area contributed by atoms with Crippen LogP contribution in [0.25, 0.3) is 0 Å². The van der Waals surface area contributed by atoms with E-state index in [-0.39, 0.29) is 24.5 Å². The fourth-order valence-electron chi connectivity index (χ4n) is 1.06. The Balaban J connectivity index is 2.52. The van der Waals surface area contributed by atoms with Gasteiger partial charge >= 0.3 is 5.97 Å². The lowest BCUT2D eigenvalue weighted by Gasteiger charge is -2.05. The van der Waals surface area contributed by atoms with E-state index in [0.717, 1.165) is 0 Å². The molecule has 0 unspecified atom stereocenters. The van der Waals surface area contributed by atoms with Crippen molar-refractivity contribution >= 4 is 11.9 Å². The molecule has 6 nitrogen and oxygen atoms in total. The number of carbonyl (C=O) groups is 2. The van der Waals surface area contributed by atoms with Crippen LogP contribution in [0.15, 0.2) is 24.3 Å². The predicted octanol–water partition coefficient (Wildman–Crippen LogP) is 0.403. The number of carbonyl (C=O) groups excluding carboxylic acids is 1. The Hall–Kier alpha value is -2.55. The zero-order chi connectivity index (χ0) is 12.7. The second kappa shape index (κ2) is 6.12. The van der Waals surface area contributed by atoms with E-state index in [9.17, 15) is 9.59 Å². The molecule has 6 heteroatoms. The molecule has 0 heterocycles. The van der Waals surface area contributed by atoms with Crippen molar-refractivity contribution in [2.45, 2.75) is 0 Å². The molecule has 0 fully saturated rings. The van der Waals surface area contributed by atoms with Crippen molar-refractivity contribution in [3.63, 3.8) is 0 Å². The maximum atomic E-state index is 11.1. The highest BCUT2D eigenvalue weighted by atomic mass is 16.5. The van der Waals surface area contributed by atoms with E-state index in [1.165, 1.54) is 18.2 Å². The summed E-state index contributed by atoms with van der Waals surface area (Å²) in [6, 6.07) is 7.56. The van der Waals surface area contributed by atoms with E-state index in [4.69, 9.17) is 15.1 Å². The average molecular weight is 234 g/mol. The Morgan fingerprint density at radius 1 is 1.47 bits per heavy atom. The number of aromatic carboxylic acids is 1. The van der Waals surface area contributed by atoms with Crippen LogP contribution in [0, 0.1) is 11.3 Å². The molecule has 0 aromatic heterocycles. The Labute approximate surface area is 97.4 Å². The van der Waals surface area contributed by atoms with Crippen LogP contribution in [0.1, 0.15) is 10.4 Å². The molecule has 0 spiro atoms. The van der Waals surface area contributed by atoms with Crippen LogP contribution in [0.4, 0.5) is 0 Å². The number of nitrogens with one attached hydrogen (secondary N) is 1. The maximum Gasteiger partial charge on any atom is 0.335 e. The molecule has 0 atom stereocenters. The van der Waals surface area contributed by atoms with E-state index >= 15 is 0 Å². The van der Waals surface area contributed by atoms with Gasteiger partial charge < -0.3 is 15.2 Å². The van der Waals surface area contributed by atoms with Crippen LogP contribution in [-0.4, -0.2) is 30.1 Å². The van der Waals surface area contributed by atoms with Gasteiger partial charge in [-0.3, -0.25) is 4.79 Å². The molecule has 2 N–H and O–H groups in total. The minimum Gasteiger partial charge on any atom is -0.484 e. The highest BCUT2D eigenvalue weighted by molar-refractivity contribution is 5.88. The summed E-state index contributed by atoms with van der Waals surface area (Å²) in [5, 5.41) is 19.3. The Kier molecular flexibility index (Phi) is 4.51. The number of benzene rings is 1. The van der Waals surface area contributed by atoms with Gasteiger partial charge in [0.1, 0.15) is 12.3 Å². The van der Waals surface area contributed by atoms with Crippen LogP contribution >= 0.6 is 0 Å². The third kappa shape index (κ3) is 4.22. The fraction of sp³-hybridized carbons (Fsp3) is 0.182. The zero-order valence-corrected chi connectivity index (χ0v) is 8.84. The summed E-state index contributed by atoms with van der Waals surface area (Å²) in [6.45, 7) is -0.345. The maximum absolute atomic E-state index is 11.1. The number of carboxylic acid groups (broad SMARTS) is 1. The Bertz CT molecular complexity index is 465. The summed E-state index contributed by atoms with van der Waals surface area (Å²) in [5.74, 6) is -1.21. The molecular formula is C11H10N2O4. The minimum atomic E-state index is -1.07. The second-order valence-electron chi connectivity index (χ2n) is 3.06. The number of carboxylic acids is 1. The summed E-state index contributed by atoms with van der Waals surface area (Å²) < 4.78 is 5.07. The first-order valence-electron chi connectivity index (χ1n) is 4.73. The molecule has 0 bridgehead atoms. The minimum absolute atomic E-state index is 0.0833. The third-order valence-electron chi connectivity index (χ3n) is 1.82. The van der Waals surface area contributed by atoms with Crippen molar-refractivity contribution in [1.29, 1.82) is 5.26 Å². The number of ether oxygens (including phenoxy) is 1. The molecule has 1 aromatic rings. The van der Waals surface area contributed by atoms with Crippen LogP contribution in [-0.2, 0) is 4.79 Å². The largest absolute Gasteiger partial charge is 0.484 e. The monoisotopic (exact) mass is 234 g/mol. The normalized spacial score (nSPS) is 9.12. The topological polar surface area (TPSA) is 99.4 Å². The van der Waals surface area contributed by atoms with Crippen molar-refractivity contribution in [2.24, 2.45) is 0 Å². The molecule has 88 valence electrons. The summed E-state index contributed by atoms with van der Waals surface area (Å²) in [5.41, 5.74) is 0.0833. The lowest BCUT2D eigenvalue weighted by molar-refractivity contribution is -0.122. The van der Waals surface area contributed by atoms with Gasteiger partial charge in [0.2, 0.25) is 0 Å². The predicted molar refractivity (Wildman–Crippen MR) is 57.5 cm³/mol. The molecule has 0 aliphatic carbocycles. The molecule has 1 amide bonds. The number of rotatable bonds is 5. The van der Waals surface area contributed by atoms with Crippen LogP contribution in [0.5, 0.6) is 5.75 Å². The van der Waals surface area contributed by atoms with Gasteiger partial charge in [0.15, 0.2) is 6.61 Å². The molecule has 0 aliphatic heterocycles. The fourth-order valence-corrected chi connectivity index (χ4v) is 1.06. The van der Waals surface area contributed by atoms with Gasteiger partial charge in [0.25, 0.3) is 5.91 Å². The van der Waals surface area contributed by atoms with E-state index in [0.29, 0.717) is 0 Å². The second-order valence-corrected chi connectivity index (χ2v) is 3.06. The highest BCUT2D eigenvalue weighted by Crippen LogP contribution is 2.12. The summed E-state index contributed by atoms with van der Waals surface area (Å²) >= 11 is 0. The highest BCUT2D eigenvalue weighted by Gasteiger charge is 2.05. The zero-order valence-electron chi connectivity index (χ0n) is 8.84. The molecule has 17 heavy (non-hydrogen) atoms. The van der Waals surface area contributed by atoms with Crippen molar-refractivity contribution in [3.8, 4) is 11.8 Å².